The van der Waals surface area contributed by atoms with Crippen molar-refractivity contribution in [3.63, 3.8) is 0 Å². The first-order valence-corrected chi connectivity index (χ1v) is 5.18. The van der Waals surface area contributed by atoms with Crippen molar-refractivity contribution in [2.24, 2.45) is 0 Å². The maximum absolute atomic E-state index is 11.6. The van der Waals surface area contributed by atoms with Crippen LogP contribution in [-0.2, 0) is 4.79 Å². The molecule has 0 fully saturated rings. The highest BCUT2D eigenvalue weighted by atomic mass is 35.5. The fourth-order valence-electron chi connectivity index (χ4n) is 1.48. The first-order valence-electron chi connectivity index (χ1n) is 4.80. The van der Waals surface area contributed by atoms with Gasteiger partial charge in [0.1, 0.15) is 5.15 Å². The van der Waals surface area contributed by atoms with Gasteiger partial charge in [-0.05, 0) is 18.1 Å². The van der Waals surface area contributed by atoms with Gasteiger partial charge in [-0.2, -0.15) is 0 Å². The molecule has 1 aromatic rings. The Morgan fingerprint density at radius 3 is 2.75 bits per heavy atom. The highest BCUT2D eigenvalue weighted by molar-refractivity contribution is 6.29. The van der Waals surface area contributed by atoms with Crippen LogP contribution in [0, 0.1) is 10.1 Å². The highest BCUT2D eigenvalue weighted by Crippen LogP contribution is 2.20. The molecule has 0 aliphatic carbocycles. The number of carbonyl (C=O) groups excluding carboxylic acids is 1. The van der Waals surface area contributed by atoms with E-state index < -0.39 is 23.2 Å². The third kappa shape index (κ3) is 3.27. The van der Waals surface area contributed by atoms with Gasteiger partial charge >= 0.3 is 0 Å². The second kappa shape index (κ2) is 5.55. The largest absolute Gasteiger partial charge is 0.292 e. The summed E-state index contributed by atoms with van der Waals surface area (Å²) in [7, 11) is 0. The lowest BCUT2D eigenvalue weighted by molar-refractivity contribution is -0.467. The molecule has 6 heteroatoms. The average molecular weight is 243 g/mol. The Kier molecular flexibility index (Phi) is 4.37. The predicted octanol–water partition coefficient (Wildman–Crippen LogP) is 2.07. The second-order valence-corrected chi connectivity index (χ2v) is 3.72. The zero-order chi connectivity index (χ0) is 12.1. The van der Waals surface area contributed by atoms with Crippen molar-refractivity contribution in [2.75, 3.05) is 6.54 Å². The Bertz CT molecular complexity index is 392. The number of rotatable bonds is 5. The number of Topliss-reactive ketones (excluding diaryl/α,β-unsaturated/α-hetero) is 1. The number of pyridine rings is 1. The lowest BCUT2D eigenvalue weighted by atomic mass is 9.93. The van der Waals surface area contributed by atoms with Gasteiger partial charge in [0.2, 0.25) is 5.78 Å². The Balaban J connectivity index is 2.85. The maximum Gasteiger partial charge on any atom is 0.261 e. The minimum Gasteiger partial charge on any atom is -0.292 e. The topological polar surface area (TPSA) is 73.1 Å². The fraction of sp³-hybridized carbons (Fsp3) is 0.400. The average Bonchev–Trinajstić information content (AvgIpc) is 2.21. The van der Waals surface area contributed by atoms with Crippen molar-refractivity contribution in [1.82, 2.24) is 4.98 Å². The van der Waals surface area contributed by atoms with E-state index in [1.807, 2.05) is 0 Å². The van der Waals surface area contributed by atoms with E-state index in [2.05, 4.69) is 4.98 Å². The van der Waals surface area contributed by atoms with Crippen molar-refractivity contribution in [2.45, 2.75) is 19.3 Å². The molecule has 1 unspecified atom stereocenters. The zero-order valence-electron chi connectivity index (χ0n) is 8.72. The van der Waals surface area contributed by atoms with Crippen LogP contribution in [-0.4, -0.2) is 22.2 Å². The summed E-state index contributed by atoms with van der Waals surface area (Å²) in [6.45, 7) is 1.15. The number of ketones is 1. The van der Waals surface area contributed by atoms with Crippen LogP contribution in [0.5, 0.6) is 0 Å². The van der Waals surface area contributed by atoms with E-state index in [0.717, 1.165) is 0 Å². The van der Waals surface area contributed by atoms with Crippen LogP contribution in [0.25, 0.3) is 0 Å². The van der Waals surface area contributed by atoms with Gasteiger partial charge in [0.25, 0.3) is 6.54 Å². The molecular formula is C10H11ClN2O3. The number of carbonyl (C=O) groups is 1. The van der Waals surface area contributed by atoms with Gasteiger partial charge in [0.05, 0.1) is 5.92 Å². The number of hydrogen-bond acceptors (Lipinski definition) is 4. The molecule has 1 aromatic heterocycles. The summed E-state index contributed by atoms with van der Waals surface area (Å²) < 4.78 is 0. The van der Waals surface area contributed by atoms with Crippen molar-refractivity contribution < 1.29 is 9.72 Å². The van der Waals surface area contributed by atoms with E-state index in [0.29, 0.717) is 17.1 Å². The van der Waals surface area contributed by atoms with Gasteiger partial charge in [0.15, 0.2) is 0 Å². The molecule has 0 aliphatic rings. The minimum atomic E-state index is -0.652. The van der Waals surface area contributed by atoms with Crippen LogP contribution < -0.4 is 0 Å². The monoisotopic (exact) mass is 242 g/mol. The SMILES string of the molecule is CCC(C(=O)C[N+](=O)[O-])c1ccc(Cl)nc1. The van der Waals surface area contributed by atoms with E-state index in [4.69, 9.17) is 11.6 Å². The lowest BCUT2D eigenvalue weighted by Crippen LogP contribution is -2.21. The minimum absolute atomic E-state index is 0.334. The molecule has 0 amide bonds. The quantitative estimate of drug-likeness (QED) is 0.450. The highest BCUT2D eigenvalue weighted by Gasteiger charge is 2.23. The lowest BCUT2D eigenvalue weighted by Gasteiger charge is -2.11. The van der Waals surface area contributed by atoms with Crippen molar-refractivity contribution in [3.05, 3.63) is 39.2 Å². The molecule has 0 spiro atoms. The number of nitrogens with zero attached hydrogens (tertiary/aromatic N) is 2. The van der Waals surface area contributed by atoms with Gasteiger partial charge in [0, 0.05) is 11.1 Å². The molecule has 1 rings (SSSR count). The van der Waals surface area contributed by atoms with Crippen LogP contribution in [0.2, 0.25) is 5.15 Å². The van der Waals surface area contributed by atoms with Crippen LogP contribution in [0.1, 0.15) is 24.8 Å². The number of halogens is 1. The van der Waals surface area contributed by atoms with Crippen molar-refractivity contribution in [3.8, 4) is 0 Å². The summed E-state index contributed by atoms with van der Waals surface area (Å²) in [5.74, 6) is -0.883. The summed E-state index contributed by atoms with van der Waals surface area (Å²) in [6, 6.07) is 3.24. The van der Waals surface area contributed by atoms with E-state index in [9.17, 15) is 14.9 Å². The second-order valence-electron chi connectivity index (χ2n) is 3.33. The summed E-state index contributed by atoms with van der Waals surface area (Å²) in [4.78, 5) is 25.1. The van der Waals surface area contributed by atoms with Gasteiger partial charge in [-0.25, -0.2) is 4.98 Å². The van der Waals surface area contributed by atoms with E-state index in [1.165, 1.54) is 6.20 Å². The Morgan fingerprint density at radius 1 is 1.62 bits per heavy atom. The Labute approximate surface area is 97.6 Å². The molecule has 1 atom stereocenters. The number of hydrogen-bond donors (Lipinski definition) is 0. The maximum atomic E-state index is 11.6. The first kappa shape index (κ1) is 12.6. The van der Waals surface area contributed by atoms with Crippen molar-refractivity contribution in [1.29, 1.82) is 0 Å². The molecule has 86 valence electrons. The molecule has 0 bridgehead atoms. The molecule has 0 radical (unpaired) electrons. The third-order valence-corrected chi connectivity index (χ3v) is 2.46. The fourth-order valence-corrected chi connectivity index (χ4v) is 1.59. The van der Waals surface area contributed by atoms with E-state index >= 15 is 0 Å². The molecule has 0 aliphatic heterocycles. The Morgan fingerprint density at radius 2 is 2.31 bits per heavy atom. The van der Waals surface area contributed by atoms with Gasteiger partial charge < -0.3 is 0 Å². The predicted molar refractivity (Wildman–Crippen MR) is 59.1 cm³/mol. The molecule has 0 saturated heterocycles. The summed E-state index contributed by atoms with van der Waals surface area (Å²) in [5, 5.41) is 10.6. The number of nitro groups is 1. The molecule has 1 heterocycles. The zero-order valence-corrected chi connectivity index (χ0v) is 9.48. The molecule has 5 nitrogen and oxygen atoms in total. The van der Waals surface area contributed by atoms with Gasteiger partial charge in [-0.15, -0.1) is 0 Å². The molecule has 0 N–H and O–H groups in total. The normalized spacial score (nSPS) is 12.1. The summed E-state index contributed by atoms with van der Waals surface area (Å²) >= 11 is 5.62. The summed E-state index contributed by atoms with van der Waals surface area (Å²) in [6.07, 6.45) is 1.99. The molecule has 0 saturated carbocycles. The van der Waals surface area contributed by atoms with E-state index in [1.54, 1.807) is 19.1 Å². The van der Waals surface area contributed by atoms with E-state index in [-0.39, 0.29) is 0 Å². The molecule has 0 aromatic carbocycles. The van der Waals surface area contributed by atoms with Crippen LogP contribution in [0.15, 0.2) is 18.3 Å². The van der Waals surface area contributed by atoms with Crippen molar-refractivity contribution >= 4 is 17.4 Å². The smallest absolute Gasteiger partial charge is 0.261 e. The molecule has 16 heavy (non-hydrogen) atoms. The van der Waals surface area contributed by atoms with Gasteiger partial charge in [-0.1, -0.05) is 24.6 Å². The van der Waals surface area contributed by atoms with Crippen LogP contribution in [0.4, 0.5) is 0 Å². The number of aromatic nitrogens is 1. The van der Waals surface area contributed by atoms with Crippen LogP contribution >= 0.6 is 11.6 Å². The van der Waals surface area contributed by atoms with Crippen LogP contribution in [0.3, 0.4) is 0 Å². The first-order chi connectivity index (χ1) is 7.54. The third-order valence-electron chi connectivity index (χ3n) is 2.23. The molecular weight excluding hydrogens is 232 g/mol. The summed E-state index contributed by atoms with van der Waals surface area (Å²) in [5.41, 5.74) is 0.666. The Hall–Kier alpha value is -1.49. The standard InChI is InChI=1S/C10H11ClN2O3/c1-2-8(9(14)6-13(15)16)7-3-4-10(11)12-5-7/h3-5,8H,2,6H2,1H3. The van der Waals surface area contributed by atoms with Gasteiger partial charge in [-0.3, -0.25) is 14.9 Å².